The van der Waals surface area contributed by atoms with Gasteiger partial charge in [-0.1, -0.05) is 45.9 Å². The summed E-state index contributed by atoms with van der Waals surface area (Å²) in [6.07, 6.45) is -3.83. The minimum absolute atomic E-state index is 0.125. The molecule has 1 aliphatic heterocycles. The zero-order valence-electron chi connectivity index (χ0n) is 20.5. The number of benzene rings is 3. The lowest BCUT2D eigenvalue weighted by molar-refractivity contribution is -0.137. The first-order chi connectivity index (χ1) is 17.1. The summed E-state index contributed by atoms with van der Waals surface area (Å²) in [6, 6.07) is 16.3. The highest BCUT2D eigenvalue weighted by atomic mass is 32.2. The Morgan fingerprint density at radius 2 is 1.44 bits per heavy atom. The average molecular weight is 530 g/mol. The van der Waals surface area contributed by atoms with Gasteiger partial charge in [0.1, 0.15) is 11.5 Å². The van der Waals surface area contributed by atoms with Crippen LogP contribution in [-0.2, 0) is 19.1 Å². The standard InChI is InChI=1S/C23H17F6NOS.2C2H6/c24-22(25,26)16-7-9-18(10-8-16)31-21-6-1-3-15-14-30(12-11-20(15)21)17-4-2-5-19(13-17)32-23(27,28)29;2*1-2/h1-10,13H,11-12,14H2;2*1-2H3. The molecule has 0 N–H and O–H groups in total. The van der Waals surface area contributed by atoms with E-state index < -0.39 is 17.2 Å². The first-order valence-electron chi connectivity index (χ1n) is 11.7. The maximum atomic E-state index is 12.8. The first kappa shape index (κ1) is 29.4. The summed E-state index contributed by atoms with van der Waals surface area (Å²) in [5, 5.41) is 0. The van der Waals surface area contributed by atoms with Crippen molar-refractivity contribution >= 4 is 17.4 Å². The number of rotatable bonds is 4. The van der Waals surface area contributed by atoms with Crippen molar-refractivity contribution in [2.75, 3.05) is 11.4 Å². The van der Waals surface area contributed by atoms with Crippen molar-refractivity contribution < 1.29 is 31.1 Å². The van der Waals surface area contributed by atoms with Crippen LogP contribution in [0, 0.1) is 0 Å². The number of hydrogen-bond donors (Lipinski definition) is 0. The lowest BCUT2D eigenvalue weighted by Crippen LogP contribution is -2.30. The maximum Gasteiger partial charge on any atom is 0.446 e. The third-order valence-corrected chi connectivity index (χ3v) is 5.77. The Balaban J connectivity index is 0.00000109. The molecule has 0 aliphatic carbocycles. The van der Waals surface area contributed by atoms with Gasteiger partial charge >= 0.3 is 11.7 Å². The summed E-state index contributed by atoms with van der Waals surface area (Å²) >= 11 is -0.146. The second-order valence-corrected chi connectivity index (χ2v) is 8.37. The molecule has 0 bridgehead atoms. The molecule has 0 saturated heterocycles. The quantitative estimate of drug-likeness (QED) is 0.247. The van der Waals surface area contributed by atoms with Gasteiger partial charge in [-0.05, 0) is 72.3 Å². The van der Waals surface area contributed by atoms with E-state index in [1.165, 1.54) is 24.3 Å². The Morgan fingerprint density at radius 3 is 2.06 bits per heavy atom. The molecule has 1 aliphatic rings. The lowest BCUT2D eigenvalue weighted by atomic mass is 9.98. The molecule has 196 valence electrons. The fourth-order valence-corrected chi connectivity index (χ4v) is 4.20. The van der Waals surface area contributed by atoms with Crippen LogP contribution in [0.15, 0.2) is 71.6 Å². The number of halogens is 6. The summed E-state index contributed by atoms with van der Waals surface area (Å²) in [5.41, 5.74) is -2.52. The van der Waals surface area contributed by atoms with E-state index in [1.54, 1.807) is 24.3 Å². The number of fused-ring (bicyclic) bond motifs is 1. The Bertz CT molecular complexity index is 1100. The van der Waals surface area contributed by atoms with Gasteiger partial charge in [-0.15, -0.1) is 0 Å². The number of ether oxygens (including phenoxy) is 1. The zero-order valence-corrected chi connectivity index (χ0v) is 21.3. The Labute approximate surface area is 212 Å². The molecule has 0 fully saturated rings. The van der Waals surface area contributed by atoms with Crippen molar-refractivity contribution in [3.63, 3.8) is 0 Å². The minimum atomic E-state index is -4.41. The van der Waals surface area contributed by atoms with E-state index in [1.807, 2.05) is 38.7 Å². The Kier molecular flexibility index (Phi) is 10.6. The summed E-state index contributed by atoms with van der Waals surface area (Å²) in [6.45, 7) is 9.06. The van der Waals surface area contributed by atoms with Gasteiger partial charge in [0.25, 0.3) is 0 Å². The van der Waals surface area contributed by atoms with Crippen LogP contribution >= 0.6 is 11.8 Å². The normalized spacial score (nSPS) is 13.0. The molecule has 0 amide bonds. The largest absolute Gasteiger partial charge is 0.457 e. The summed E-state index contributed by atoms with van der Waals surface area (Å²) in [7, 11) is 0. The van der Waals surface area contributed by atoms with Crippen LogP contribution in [-0.4, -0.2) is 12.1 Å². The van der Waals surface area contributed by atoms with Gasteiger partial charge < -0.3 is 9.64 Å². The van der Waals surface area contributed by atoms with Gasteiger partial charge in [-0.2, -0.15) is 26.3 Å². The van der Waals surface area contributed by atoms with E-state index in [4.69, 9.17) is 4.74 Å². The van der Waals surface area contributed by atoms with Crippen LogP contribution in [0.2, 0.25) is 0 Å². The van der Waals surface area contributed by atoms with Gasteiger partial charge in [0.15, 0.2) is 0 Å². The van der Waals surface area contributed by atoms with Gasteiger partial charge in [0.2, 0.25) is 0 Å². The summed E-state index contributed by atoms with van der Waals surface area (Å²) < 4.78 is 82.2. The van der Waals surface area contributed by atoms with Crippen molar-refractivity contribution in [1.82, 2.24) is 0 Å². The van der Waals surface area contributed by atoms with E-state index in [9.17, 15) is 26.3 Å². The molecule has 4 rings (SSSR count). The number of nitrogens with zero attached hydrogens (tertiary/aromatic N) is 1. The third kappa shape index (κ3) is 8.11. The second kappa shape index (κ2) is 12.9. The highest BCUT2D eigenvalue weighted by molar-refractivity contribution is 8.00. The van der Waals surface area contributed by atoms with Crippen LogP contribution in [0.1, 0.15) is 44.4 Å². The van der Waals surface area contributed by atoms with Crippen molar-refractivity contribution in [3.8, 4) is 11.5 Å². The van der Waals surface area contributed by atoms with Crippen LogP contribution in [0.3, 0.4) is 0 Å². The fourth-order valence-electron chi connectivity index (χ4n) is 3.61. The van der Waals surface area contributed by atoms with Crippen LogP contribution in [0.4, 0.5) is 32.0 Å². The van der Waals surface area contributed by atoms with Crippen molar-refractivity contribution in [3.05, 3.63) is 83.4 Å². The molecule has 0 saturated carbocycles. The van der Waals surface area contributed by atoms with Gasteiger partial charge in [-0.3, -0.25) is 0 Å². The van der Waals surface area contributed by atoms with Gasteiger partial charge in [0, 0.05) is 29.2 Å². The lowest BCUT2D eigenvalue weighted by Gasteiger charge is -2.32. The molecule has 0 spiro atoms. The summed E-state index contributed by atoms with van der Waals surface area (Å²) in [5.74, 6) is 0.856. The number of alkyl halides is 6. The highest BCUT2D eigenvalue weighted by Gasteiger charge is 2.31. The number of thioether (sulfide) groups is 1. The molecule has 0 atom stereocenters. The van der Waals surface area contributed by atoms with Gasteiger partial charge in [0.05, 0.1) is 5.56 Å². The van der Waals surface area contributed by atoms with Crippen LogP contribution < -0.4 is 9.64 Å². The van der Waals surface area contributed by atoms with Crippen LogP contribution in [0.5, 0.6) is 11.5 Å². The third-order valence-electron chi connectivity index (χ3n) is 5.05. The zero-order chi connectivity index (χ0) is 26.9. The molecule has 1 heterocycles. The van der Waals surface area contributed by atoms with E-state index in [2.05, 4.69) is 0 Å². The molecule has 0 unspecified atom stereocenters. The molecule has 36 heavy (non-hydrogen) atoms. The van der Waals surface area contributed by atoms with E-state index in [0.717, 1.165) is 23.3 Å². The first-order valence-corrected chi connectivity index (χ1v) is 12.5. The molecule has 2 nitrogen and oxygen atoms in total. The van der Waals surface area contributed by atoms with Crippen molar-refractivity contribution in [1.29, 1.82) is 0 Å². The topological polar surface area (TPSA) is 12.5 Å². The van der Waals surface area contributed by atoms with Crippen molar-refractivity contribution in [2.24, 2.45) is 0 Å². The predicted molar refractivity (Wildman–Crippen MR) is 134 cm³/mol. The van der Waals surface area contributed by atoms with Gasteiger partial charge in [-0.25, -0.2) is 0 Å². The predicted octanol–water partition coefficient (Wildman–Crippen LogP) is 9.72. The molecule has 3 aromatic carbocycles. The maximum absolute atomic E-state index is 12.8. The molecule has 0 radical (unpaired) electrons. The van der Waals surface area contributed by atoms with Crippen molar-refractivity contribution in [2.45, 2.75) is 57.2 Å². The smallest absolute Gasteiger partial charge is 0.446 e. The minimum Gasteiger partial charge on any atom is -0.457 e. The molecule has 9 heteroatoms. The van der Waals surface area contributed by atoms with E-state index in [-0.39, 0.29) is 16.7 Å². The van der Waals surface area contributed by atoms with Crippen LogP contribution in [0.25, 0.3) is 0 Å². The molecule has 0 aromatic heterocycles. The monoisotopic (exact) mass is 529 g/mol. The highest BCUT2D eigenvalue weighted by Crippen LogP contribution is 2.39. The molecule has 3 aromatic rings. The number of hydrogen-bond acceptors (Lipinski definition) is 3. The number of anilines is 1. The molecular weight excluding hydrogens is 500 g/mol. The fraction of sp³-hybridized carbons (Fsp3) is 0.333. The second-order valence-electron chi connectivity index (χ2n) is 7.23. The van der Waals surface area contributed by atoms with E-state index in [0.29, 0.717) is 36.7 Å². The SMILES string of the molecule is CC.CC.FC(F)(F)Sc1cccc(N2CCc3c(cccc3Oc3ccc(C(F)(F)F)cc3)C2)c1. The molecular formula is C27H29F6NOS. The Morgan fingerprint density at radius 1 is 0.806 bits per heavy atom. The average Bonchev–Trinajstić information content (AvgIpc) is 2.85. The Hall–Kier alpha value is -2.81. The van der Waals surface area contributed by atoms with E-state index >= 15 is 0 Å². The summed E-state index contributed by atoms with van der Waals surface area (Å²) in [4.78, 5) is 2.12.